The number of phenolic OH excluding ortho intramolecular Hbond substituents is 1. The number of benzene rings is 1. The van der Waals surface area contributed by atoms with E-state index in [0.29, 0.717) is 36.8 Å². The largest absolute Gasteiger partial charge is 0.592 e. The van der Waals surface area contributed by atoms with Gasteiger partial charge in [-0.15, -0.1) is 4.99 Å². The Kier molecular flexibility index (Phi) is 12.9. The van der Waals surface area contributed by atoms with E-state index in [4.69, 9.17) is 14.5 Å². The van der Waals surface area contributed by atoms with Gasteiger partial charge in [0.25, 0.3) is 0 Å². The Hall–Kier alpha value is -2.65. The van der Waals surface area contributed by atoms with E-state index in [9.17, 15) is 15.3 Å². The molecule has 1 unspecified atom stereocenters. The van der Waals surface area contributed by atoms with Crippen LogP contribution in [0, 0.1) is 29.7 Å². The lowest BCUT2D eigenvalue weighted by molar-refractivity contribution is 0.123. The molecule has 2 aliphatic heterocycles. The molecule has 0 amide bonds. The summed E-state index contributed by atoms with van der Waals surface area (Å²) in [6.45, 7) is 5.93. The molecule has 1 aromatic carbocycles. The number of aliphatic imine (C=N–C) groups is 1. The summed E-state index contributed by atoms with van der Waals surface area (Å²) in [5.41, 5.74) is 3.72. The number of aliphatic hydroxyl groups is 2. The van der Waals surface area contributed by atoms with Crippen molar-refractivity contribution in [1.29, 1.82) is 0 Å². The van der Waals surface area contributed by atoms with Crippen LogP contribution in [0.3, 0.4) is 0 Å². The van der Waals surface area contributed by atoms with E-state index in [1.807, 2.05) is 25.1 Å². The van der Waals surface area contributed by atoms with Gasteiger partial charge in [0, 0.05) is 38.3 Å². The van der Waals surface area contributed by atoms with Gasteiger partial charge in [0.15, 0.2) is 23.3 Å². The Labute approximate surface area is 294 Å². The minimum atomic E-state index is -0.359. The maximum absolute atomic E-state index is 10.9. The number of unbranched alkanes of at least 4 members (excludes halogenated alkanes) is 1. The zero-order valence-electron chi connectivity index (χ0n) is 30.0. The Bertz CT molecular complexity index is 1300. The fourth-order valence-electron chi connectivity index (χ4n) is 8.96. The molecule has 0 aromatic heterocycles. The fourth-order valence-corrected chi connectivity index (χ4v) is 8.96. The lowest BCUT2D eigenvalue weighted by Gasteiger charge is -2.28. The van der Waals surface area contributed by atoms with E-state index in [1.54, 1.807) is 6.07 Å². The third-order valence-electron chi connectivity index (χ3n) is 11.6. The highest BCUT2D eigenvalue weighted by molar-refractivity contribution is 6.04. The van der Waals surface area contributed by atoms with Crippen LogP contribution < -0.4 is 15.4 Å². The third kappa shape index (κ3) is 9.37. The molecule has 5 N–H and O–H groups in total. The molecule has 0 bridgehead atoms. The lowest BCUT2D eigenvalue weighted by atomic mass is 9.80. The van der Waals surface area contributed by atoms with Gasteiger partial charge in [-0.25, -0.2) is 0 Å². The van der Waals surface area contributed by atoms with Gasteiger partial charge < -0.3 is 30.1 Å². The van der Waals surface area contributed by atoms with E-state index in [1.165, 1.54) is 69.1 Å². The molecule has 49 heavy (non-hydrogen) atoms. The molecule has 5 aliphatic rings. The van der Waals surface area contributed by atoms with E-state index < -0.39 is 0 Å². The first-order valence-corrected chi connectivity index (χ1v) is 19.5. The Morgan fingerprint density at radius 1 is 1.10 bits per heavy atom. The van der Waals surface area contributed by atoms with Gasteiger partial charge >= 0.3 is 0 Å². The number of fused-ring (bicyclic) bond motifs is 2. The SMILES string of the molecule is CCCCC1OC(CCc2ccc(O)c(OC[C@H](NC3CCCCC3)[C+]3C=C4C(=N3)CC[C@@H]3CCC[C@@H]3[C@@H]4CNC[C@H](C)O)c2)=C[C-]1CO. The maximum Gasteiger partial charge on any atom is 0.189 e. The number of aromatic hydroxyl groups is 1. The average Bonchev–Trinajstić information content (AvgIpc) is 3.84. The molecule has 3 aliphatic carbocycles. The van der Waals surface area contributed by atoms with E-state index in [0.717, 1.165) is 74.3 Å². The molecule has 6 atom stereocenters. The predicted molar refractivity (Wildman–Crippen MR) is 195 cm³/mol. The summed E-state index contributed by atoms with van der Waals surface area (Å²) in [5, 5.41) is 38.2. The van der Waals surface area contributed by atoms with Gasteiger partial charge in [0.05, 0.1) is 18.1 Å². The van der Waals surface area contributed by atoms with Gasteiger partial charge in [-0.3, -0.25) is 5.32 Å². The van der Waals surface area contributed by atoms with Crippen LogP contribution in [0.15, 0.2) is 46.7 Å². The number of hydrogen-bond acceptors (Lipinski definition) is 8. The third-order valence-corrected chi connectivity index (χ3v) is 11.6. The molecule has 2 heterocycles. The van der Waals surface area contributed by atoms with Crippen LogP contribution in [0.5, 0.6) is 11.5 Å². The molecule has 0 radical (unpaired) electrons. The molecule has 3 saturated carbocycles. The van der Waals surface area contributed by atoms with Crippen molar-refractivity contribution < 1.29 is 24.8 Å². The lowest BCUT2D eigenvalue weighted by Crippen LogP contribution is -2.45. The number of allylic oxidation sites excluding steroid dienone is 1. The second-order valence-electron chi connectivity index (χ2n) is 15.3. The van der Waals surface area contributed by atoms with Crippen LogP contribution in [0.1, 0.15) is 109 Å². The summed E-state index contributed by atoms with van der Waals surface area (Å²) < 4.78 is 12.7. The molecular formula is C41H61N3O5. The average molecular weight is 676 g/mol. The number of ether oxygens (including phenoxy) is 2. The van der Waals surface area contributed by atoms with Crippen LogP contribution in [-0.2, 0) is 11.2 Å². The van der Waals surface area contributed by atoms with Gasteiger partial charge in [-0.05, 0) is 75.0 Å². The van der Waals surface area contributed by atoms with Crippen LogP contribution in [0.2, 0.25) is 0 Å². The Morgan fingerprint density at radius 2 is 1.96 bits per heavy atom. The van der Waals surface area contributed by atoms with Crippen molar-refractivity contribution in [1.82, 2.24) is 10.6 Å². The minimum Gasteiger partial charge on any atom is -0.592 e. The van der Waals surface area contributed by atoms with Gasteiger partial charge in [0.2, 0.25) is 0 Å². The number of phenols is 1. The van der Waals surface area contributed by atoms with Crippen LogP contribution in [-0.4, -0.2) is 71.6 Å². The minimum absolute atomic E-state index is 0.0116. The second-order valence-corrected chi connectivity index (χ2v) is 15.3. The van der Waals surface area contributed by atoms with Gasteiger partial charge in [-0.2, -0.15) is 12.0 Å². The standard InChI is InChI=1S/C41H61N3O5/c1-3-4-13-40-30(25-45)21-32(49-40)17-14-28-15-19-39(47)41(20-28)48-26-38(43-31-10-6-5-7-11-31)37-22-34-35(24-42-23-27(2)46)33-12-8-9-29(33)16-18-36(34)44-37/h15,19-22,27,29,31,33,35,38,40,42-43,45-47H,3-14,16-18,23-26H2,1-2H3/t27-,29-,33-,35-,38-,40?/m0/s1. The first kappa shape index (κ1) is 36.2. The maximum atomic E-state index is 10.9. The van der Waals surface area contributed by atoms with E-state index in [-0.39, 0.29) is 30.6 Å². The summed E-state index contributed by atoms with van der Waals surface area (Å²) in [5.74, 6) is 4.38. The van der Waals surface area contributed by atoms with E-state index in [2.05, 4.69) is 23.6 Å². The summed E-state index contributed by atoms with van der Waals surface area (Å²) in [7, 11) is 0. The second kappa shape index (κ2) is 17.5. The Balaban J connectivity index is 1.14. The molecule has 1 aromatic rings. The first-order chi connectivity index (χ1) is 23.9. The zero-order chi connectivity index (χ0) is 34.2. The highest BCUT2D eigenvalue weighted by Crippen LogP contribution is 2.47. The normalized spacial score (nSPS) is 26.7. The fraction of sp³-hybridized carbons (Fsp3) is 0.683. The van der Waals surface area contributed by atoms with E-state index >= 15 is 0 Å². The van der Waals surface area contributed by atoms with Gasteiger partial charge in [-0.1, -0.05) is 70.1 Å². The topological polar surface area (TPSA) is 116 Å². The summed E-state index contributed by atoms with van der Waals surface area (Å²) >= 11 is 0. The number of rotatable bonds is 17. The quantitative estimate of drug-likeness (QED) is 0.116. The zero-order valence-corrected chi connectivity index (χ0v) is 30.0. The number of aliphatic hydroxyl groups excluding tert-OH is 2. The van der Waals surface area contributed by atoms with Crippen molar-refractivity contribution in [3.05, 3.63) is 59.2 Å². The van der Waals surface area contributed by atoms with Crippen molar-refractivity contribution in [2.75, 3.05) is 26.3 Å². The van der Waals surface area contributed by atoms with Crippen LogP contribution in [0.25, 0.3) is 0 Å². The summed E-state index contributed by atoms with van der Waals surface area (Å²) in [6, 6.07) is 7.07. The number of nitrogens with one attached hydrogen (secondary N) is 2. The van der Waals surface area contributed by atoms with Crippen molar-refractivity contribution in [2.45, 2.75) is 134 Å². The number of aryl methyl sites for hydroxylation is 1. The van der Waals surface area contributed by atoms with Crippen molar-refractivity contribution in [2.24, 2.45) is 22.7 Å². The van der Waals surface area contributed by atoms with Gasteiger partial charge in [0.1, 0.15) is 18.2 Å². The molecule has 0 spiro atoms. The summed E-state index contributed by atoms with van der Waals surface area (Å²) in [4.78, 5) is 5.34. The molecule has 6 rings (SSSR count). The summed E-state index contributed by atoms with van der Waals surface area (Å²) in [6.07, 6.45) is 20.9. The molecule has 8 heteroatoms. The van der Waals surface area contributed by atoms with Crippen LogP contribution in [0.4, 0.5) is 0 Å². The first-order valence-electron chi connectivity index (χ1n) is 19.5. The molecule has 3 fully saturated rings. The number of nitrogens with zero attached hydrogens (tertiary/aromatic N) is 1. The molecular weight excluding hydrogens is 614 g/mol. The molecule has 270 valence electrons. The van der Waals surface area contributed by atoms with Crippen LogP contribution >= 0.6 is 0 Å². The smallest absolute Gasteiger partial charge is 0.189 e. The Morgan fingerprint density at radius 3 is 2.76 bits per heavy atom. The van der Waals surface area contributed by atoms with Crippen molar-refractivity contribution in [3.63, 3.8) is 0 Å². The predicted octanol–water partition coefficient (Wildman–Crippen LogP) is 6.74. The molecule has 0 saturated heterocycles. The molecule has 8 nitrogen and oxygen atoms in total. The van der Waals surface area contributed by atoms with Crippen molar-refractivity contribution in [3.8, 4) is 11.5 Å². The highest BCUT2D eigenvalue weighted by Gasteiger charge is 2.48. The highest BCUT2D eigenvalue weighted by atomic mass is 16.5. The monoisotopic (exact) mass is 675 g/mol. The van der Waals surface area contributed by atoms with Crippen molar-refractivity contribution >= 4 is 5.71 Å². The number of hydrogen-bond donors (Lipinski definition) is 5.